The van der Waals surface area contributed by atoms with Crippen LogP contribution in [-0.2, 0) is 0 Å². The largest absolute Gasteiger partial charge is 0.350 e. The Bertz CT molecular complexity index is 484. The molecule has 0 aliphatic rings. The first-order valence-electron chi connectivity index (χ1n) is 7.86. The molecule has 0 aliphatic heterocycles. The maximum Gasteiger partial charge on any atom is 0.269 e. The highest BCUT2D eigenvalue weighted by Gasteiger charge is 2.12. The lowest BCUT2D eigenvalue weighted by Gasteiger charge is -2.17. The van der Waals surface area contributed by atoms with E-state index >= 15 is 0 Å². The molecule has 0 saturated heterocycles. The number of carbonyl (C=O) groups excluding carboxylic acids is 1. The van der Waals surface area contributed by atoms with Crippen molar-refractivity contribution in [3.05, 3.63) is 39.9 Å². The second kappa shape index (κ2) is 9.15. The Morgan fingerprint density at radius 1 is 1.27 bits per heavy atom. The van der Waals surface area contributed by atoms with E-state index in [-0.39, 0.29) is 17.6 Å². The van der Waals surface area contributed by atoms with Gasteiger partial charge in [-0.25, -0.2) is 0 Å². The lowest BCUT2D eigenvalue weighted by molar-refractivity contribution is -0.896. The molecular weight excluding hydrogens is 282 g/mol. The predicted octanol–water partition coefficient (Wildman–Crippen LogP) is 1.42. The number of nitrogens with zero attached hydrogens (tertiary/aromatic N) is 1. The van der Waals surface area contributed by atoms with Crippen LogP contribution >= 0.6 is 0 Å². The van der Waals surface area contributed by atoms with E-state index in [1.54, 1.807) is 4.90 Å². The van der Waals surface area contributed by atoms with Crippen LogP contribution in [0.2, 0.25) is 0 Å². The Labute approximate surface area is 131 Å². The van der Waals surface area contributed by atoms with Gasteiger partial charge in [-0.2, -0.15) is 0 Å². The molecule has 122 valence electrons. The molecule has 6 heteroatoms. The number of rotatable bonds is 9. The molecule has 2 N–H and O–H groups in total. The second-order valence-corrected chi connectivity index (χ2v) is 5.53. The van der Waals surface area contributed by atoms with Crippen molar-refractivity contribution in [1.29, 1.82) is 0 Å². The third-order valence-corrected chi connectivity index (χ3v) is 3.89. The Morgan fingerprint density at radius 3 is 2.36 bits per heavy atom. The minimum absolute atomic E-state index is 0.00760. The zero-order valence-electron chi connectivity index (χ0n) is 13.6. The molecule has 0 radical (unpaired) electrons. The van der Waals surface area contributed by atoms with Crippen molar-refractivity contribution in [2.45, 2.75) is 39.7 Å². The van der Waals surface area contributed by atoms with Crippen molar-refractivity contribution in [2.75, 3.05) is 19.6 Å². The van der Waals surface area contributed by atoms with Crippen molar-refractivity contribution in [3.63, 3.8) is 0 Å². The van der Waals surface area contributed by atoms with Crippen LogP contribution in [0.3, 0.4) is 0 Å². The summed E-state index contributed by atoms with van der Waals surface area (Å²) in [4.78, 5) is 23.7. The molecule has 1 atom stereocenters. The Morgan fingerprint density at radius 2 is 1.86 bits per heavy atom. The highest BCUT2D eigenvalue weighted by atomic mass is 16.6. The van der Waals surface area contributed by atoms with E-state index in [0.717, 1.165) is 32.5 Å². The average Bonchev–Trinajstić information content (AvgIpc) is 2.51. The van der Waals surface area contributed by atoms with Crippen LogP contribution in [0.25, 0.3) is 0 Å². The number of nitrogens with one attached hydrogen (secondary N) is 2. The molecular formula is C16H26N3O3+. The monoisotopic (exact) mass is 308 g/mol. The van der Waals surface area contributed by atoms with Gasteiger partial charge < -0.3 is 10.2 Å². The zero-order chi connectivity index (χ0) is 16.5. The van der Waals surface area contributed by atoms with E-state index in [0.29, 0.717) is 5.56 Å². The van der Waals surface area contributed by atoms with Gasteiger partial charge in [0.2, 0.25) is 0 Å². The van der Waals surface area contributed by atoms with Gasteiger partial charge in [0, 0.05) is 23.7 Å². The van der Waals surface area contributed by atoms with E-state index < -0.39 is 4.92 Å². The summed E-state index contributed by atoms with van der Waals surface area (Å²) >= 11 is 0. The maximum absolute atomic E-state index is 12.1. The summed E-state index contributed by atoms with van der Waals surface area (Å²) in [6, 6.07) is 5.77. The van der Waals surface area contributed by atoms with Crippen LogP contribution in [0.15, 0.2) is 24.3 Å². The van der Waals surface area contributed by atoms with Crippen LogP contribution in [-0.4, -0.2) is 36.5 Å². The zero-order valence-corrected chi connectivity index (χ0v) is 13.6. The van der Waals surface area contributed by atoms with Crippen LogP contribution < -0.4 is 10.2 Å². The first-order valence-corrected chi connectivity index (χ1v) is 7.86. The van der Waals surface area contributed by atoms with E-state index in [1.807, 2.05) is 6.92 Å². The number of quaternary nitrogens is 1. The van der Waals surface area contributed by atoms with Gasteiger partial charge in [-0.05, 0) is 45.7 Å². The normalized spacial score (nSPS) is 12.2. The number of nitro benzene ring substituents is 1. The molecule has 1 aromatic rings. The highest BCUT2D eigenvalue weighted by Crippen LogP contribution is 2.12. The van der Waals surface area contributed by atoms with Gasteiger partial charge in [-0.1, -0.05) is 0 Å². The first kappa shape index (κ1) is 18.1. The minimum Gasteiger partial charge on any atom is -0.350 e. The van der Waals surface area contributed by atoms with Crippen LogP contribution in [0.1, 0.15) is 44.0 Å². The fourth-order valence-electron chi connectivity index (χ4n) is 2.38. The molecule has 1 aromatic carbocycles. The second-order valence-electron chi connectivity index (χ2n) is 5.53. The van der Waals surface area contributed by atoms with Crippen molar-refractivity contribution < 1.29 is 14.6 Å². The lowest BCUT2D eigenvalue weighted by atomic mass is 10.1. The maximum atomic E-state index is 12.1. The fourth-order valence-corrected chi connectivity index (χ4v) is 2.38. The molecule has 22 heavy (non-hydrogen) atoms. The number of benzene rings is 1. The van der Waals surface area contributed by atoms with Crippen LogP contribution in [0.5, 0.6) is 0 Å². The molecule has 0 aromatic heterocycles. The smallest absolute Gasteiger partial charge is 0.269 e. The van der Waals surface area contributed by atoms with Gasteiger partial charge in [0.1, 0.15) is 0 Å². The number of amides is 1. The topological polar surface area (TPSA) is 76.7 Å². The molecule has 0 bridgehead atoms. The Kier molecular flexibility index (Phi) is 7.52. The summed E-state index contributed by atoms with van der Waals surface area (Å²) in [7, 11) is 0. The van der Waals surface area contributed by atoms with Gasteiger partial charge in [0.15, 0.2) is 0 Å². The van der Waals surface area contributed by atoms with Crippen molar-refractivity contribution in [2.24, 2.45) is 0 Å². The highest BCUT2D eigenvalue weighted by molar-refractivity contribution is 5.94. The van der Waals surface area contributed by atoms with Crippen molar-refractivity contribution >= 4 is 11.6 Å². The van der Waals surface area contributed by atoms with Gasteiger partial charge in [-0.15, -0.1) is 0 Å². The summed E-state index contributed by atoms with van der Waals surface area (Å²) in [6.45, 7) is 9.71. The molecule has 1 rings (SSSR count). The standard InChI is InChI=1S/C16H25N3O3/c1-4-18(5-2)12-6-7-13(3)17-16(20)14-8-10-15(11-9-14)19(21)22/h8-11,13H,4-7,12H2,1-3H3,(H,17,20)/p+1/t13-/m0/s1. The third-order valence-electron chi connectivity index (χ3n) is 3.89. The van der Waals surface area contributed by atoms with E-state index in [2.05, 4.69) is 19.2 Å². The lowest BCUT2D eigenvalue weighted by Crippen LogP contribution is -3.11. The molecule has 1 amide bonds. The van der Waals surface area contributed by atoms with Crippen molar-refractivity contribution in [3.8, 4) is 0 Å². The molecule has 0 spiro atoms. The van der Waals surface area contributed by atoms with Crippen LogP contribution in [0.4, 0.5) is 5.69 Å². The van der Waals surface area contributed by atoms with E-state index in [9.17, 15) is 14.9 Å². The quantitative estimate of drug-likeness (QED) is 0.535. The SMILES string of the molecule is CC[NH+](CC)CCC[C@H](C)NC(=O)c1ccc([N+](=O)[O-])cc1. The Balaban J connectivity index is 2.42. The molecule has 0 unspecified atom stereocenters. The number of carbonyl (C=O) groups is 1. The summed E-state index contributed by atoms with van der Waals surface area (Å²) < 4.78 is 0. The Hall–Kier alpha value is -1.95. The van der Waals surface area contributed by atoms with Gasteiger partial charge in [0.05, 0.1) is 24.6 Å². The number of hydrogen-bond acceptors (Lipinski definition) is 3. The van der Waals surface area contributed by atoms with Crippen LogP contribution in [0, 0.1) is 10.1 Å². The van der Waals surface area contributed by atoms with Gasteiger partial charge in [0.25, 0.3) is 11.6 Å². The third kappa shape index (κ3) is 5.81. The van der Waals surface area contributed by atoms with E-state index in [4.69, 9.17) is 0 Å². The molecule has 0 aliphatic carbocycles. The summed E-state index contributed by atoms with van der Waals surface area (Å²) in [5.74, 6) is -0.183. The molecule has 0 saturated carbocycles. The molecule has 0 heterocycles. The first-order chi connectivity index (χ1) is 10.5. The minimum atomic E-state index is -0.472. The summed E-state index contributed by atoms with van der Waals surface area (Å²) in [5, 5.41) is 13.5. The average molecular weight is 308 g/mol. The number of nitro groups is 1. The van der Waals surface area contributed by atoms with Gasteiger partial charge >= 0.3 is 0 Å². The van der Waals surface area contributed by atoms with E-state index in [1.165, 1.54) is 24.3 Å². The number of non-ortho nitro benzene ring substituents is 1. The number of hydrogen-bond donors (Lipinski definition) is 2. The van der Waals surface area contributed by atoms with Gasteiger partial charge in [-0.3, -0.25) is 14.9 Å². The predicted molar refractivity (Wildman–Crippen MR) is 86.2 cm³/mol. The molecule has 0 fully saturated rings. The van der Waals surface area contributed by atoms with Crippen molar-refractivity contribution in [1.82, 2.24) is 5.32 Å². The molecule has 6 nitrogen and oxygen atoms in total. The summed E-state index contributed by atoms with van der Waals surface area (Å²) in [6.07, 6.45) is 2.00. The summed E-state index contributed by atoms with van der Waals surface area (Å²) in [5.41, 5.74) is 0.443. The fraction of sp³-hybridized carbons (Fsp3) is 0.562.